The molecule has 0 unspecified atom stereocenters. The molecule has 216 valence electrons. The molecule has 1 amide bonds. The molecule has 0 bridgehead atoms. The number of phenolic OH excluding ortho intramolecular Hbond substituents is 1. The minimum atomic E-state index is -0.338. The molecule has 0 aliphatic carbocycles. The van der Waals surface area contributed by atoms with Crippen LogP contribution in [0.1, 0.15) is 29.7 Å². The molecule has 0 saturated carbocycles. The number of anilines is 3. The second-order valence-corrected chi connectivity index (χ2v) is 10.0. The number of aromatic hydroxyl groups is 1. The molecule has 0 radical (unpaired) electrons. The molecular formula is C30H29N11O2. The van der Waals surface area contributed by atoms with Crippen LogP contribution in [0.4, 0.5) is 17.3 Å². The fraction of sp³-hybridized carbons (Fsp3) is 0.233. The third-order valence-electron chi connectivity index (χ3n) is 7.22. The topological polar surface area (TPSA) is 164 Å². The van der Waals surface area contributed by atoms with Gasteiger partial charge in [-0.1, -0.05) is 18.1 Å². The number of nitrogens with two attached hydrogens (primary N) is 1. The maximum atomic E-state index is 12.5. The molecule has 13 heteroatoms. The molecule has 5 aromatic rings. The van der Waals surface area contributed by atoms with Crippen LogP contribution < -0.4 is 20.9 Å². The number of carbonyl (C=O) groups is 1. The van der Waals surface area contributed by atoms with Gasteiger partial charge in [0.15, 0.2) is 17.2 Å². The standard InChI is InChI=1S/C30H29N11O2/c1-20-10-15-39(16-17-40(20)24-18-22(36-37-29(24)31)21-6-2-3-7-25(21)42)27-9-13-32-26(35-27)8-4-11-34-30(43)23-19-28-33-12-5-14-41(28)38-23/h2-3,5-7,9,12-14,18-20,42H,10-11,15-17H2,1H3,(H2,31,37)(H,34,43)/t20-/m0/s1. The normalized spacial score (nSPS) is 15.0. The van der Waals surface area contributed by atoms with Crippen molar-refractivity contribution in [1.82, 2.24) is 40.1 Å². The van der Waals surface area contributed by atoms with Crippen LogP contribution >= 0.6 is 0 Å². The number of benzene rings is 1. The van der Waals surface area contributed by atoms with E-state index in [0.717, 1.165) is 24.5 Å². The van der Waals surface area contributed by atoms with Crippen molar-refractivity contribution in [2.24, 2.45) is 0 Å². The molecule has 1 aromatic carbocycles. The van der Waals surface area contributed by atoms with Crippen LogP contribution in [0.25, 0.3) is 16.9 Å². The highest BCUT2D eigenvalue weighted by atomic mass is 16.3. The smallest absolute Gasteiger partial charge is 0.272 e. The SMILES string of the molecule is C[C@H]1CCN(c2ccnc(C#CCNC(=O)c3cc4ncccn4n3)n2)CCN1c1cc(-c2ccccc2O)nnc1N. The molecule has 5 heterocycles. The zero-order valence-electron chi connectivity index (χ0n) is 23.4. The molecule has 1 fully saturated rings. The summed E-state index contributed by atoms with van der Waals surface area (Å²) in [5, 5.41) is 25.7. The van der Waals surface area contributed by atoms with Crippen molar-refractivity contribution in [3.05, 3.63) is 78.6 Å². The Bertz CT molecular complexity index is 1810. The van der Waals surface area contributed by atoms with Gasteiger partial charge in [0.25, 0.3) is 5.91 Å². The second-order valence-electron chi connectivity index (χ2n) is 10.0. The summed E-state index contributed by atoms with van der Waals surface area (Å²) in [6, 6.07) is 14.3. The van der Waals surface area contributed by atoms with Gasteiger partial charge in [-0.05, 0) is 49.6 Å². The Balaban J connectivity index is 1.11. The van der Waals surface area contributed by atoms with Crippen LogP contribution in [0.15, 0.2) is 67.1 Å². The van der Waals surface area contributed by atoms with Crippen molar-refractivity contribution >= 4 is 28.9 Å². The van der Waals surface area contributed by atoms with Gasteiger partial charge in [-0.2, -0.15) is 5.10 Å². The summed E-state index contributed by atoms with van der Waals surface area (Å²) in [7, 11) is 0. The van der Waals surface area contributed by atoms with Crippen molar-refractivity contribution in [2.75, 3.05) is 41.7 Å². The highest BCUT2D eigenvalue weighted by molar-refractivity contribution is 5.93. The molecule has 13 nitrogen and oxygen atoms in total. The Morgan fingerprint density at radius 2 is 1.98 bits per heavy atom. The number of hydrogen-bond donors (Lipinski definition) is 3. The van der Waals surface area contributed by atoms with Gasteiger partial charge in [-0.25, -0.2) is 19.5 Å². The molecule has 1 aliphatic rings. The van der Waals surface area contributed by atoms with Crippen LogP contribution in [0.3, 0.4) is 0 Å². The molecule has 0 spiro atoms. The number of fused-ring (bicyclic) bond motifs is 1. The number of rotatable bonds is 5. The summed E-state index contributed by atoms with van der Waals surface area (Å²) in [4.78, 5) is 30.0. The highest BCUT2D eigenvalue weighted by Crippen LogP contribution is 2.33. The summed E-state index contributed by atoms with van der Waals surface area (Å²) >= 11 is 0. The first-order valence-corrected chi connectivity index (χ1v) is 13.8. The van der Waals surface area contributed by atoms with E-state index in [-0.39, 0.29) is 29.9 Å². The third kappa shape index (κ3) is 5.98. The number of phenols is 1. The van der Waals surface area contributed by atoms with Crippen LogP contribution in [-0.4, -0.2) is 78.0 Å². The molecular weight excluding hydrogens is 546 g/mol. The first-order valence-electron chi connectivity index (χ1n) is 13.8. The van der Waals surface area contributed by atoms with Gasteiger partial charge >= 0.3 is 0 Å². The number of nitrogens with zero attached hydrogens (tertiary/aromatic N) is 9. The van der Waals surface area contributed by atoms with Gasteiger partial charge < -0.3 is 26.0 Å². The fourth-order valence-electron chi connectivity index (χ4n) is 4.95. The Kier molecular flexibility index (Phi) is 7.64. The number of aromatic nitrogens is 7. The molecule has 1 atom stereocenters. The number of para-hydroxylation sites is 1. The van der Waals surface area contributed by atoms with Gasteiger partial charge in [0, 0.05) is 55.9 Å². The van der Waals surface area contributed by atoms with E-state index in [4.69, 9.17) is 5.73 Å². The van der Waals surface area contributed by atoms with Gasteiger partial charge in [0.1, 0.15) is 11.6 Å². The van der Waals surface area contributed by atoms with Crippen LogP contribution in [-0.2, 0) is 0 Å². The number of hydrogen-bond acceptors (Lipinski definition) is 11. The average molecular weight is 576 g/mol. The van der Waals surface area contributed by atoms with E-state index in [1.807, 2.05) is 18.2 Å². The molecule has 6 rings (SSSR count). The van der Waals surface area contributed by atoms with Gasteiger partial charge in [0.2, 0.25) is 5.82 Å². The van der Waals surface area contributed by atoms with E-state index < -0.39 is 0 Å². The van der Waals surface area contributed by atoms with Crippen molar-refractivity contribution in [1.29, 1.82) is 0 Å². The van der Waals surface area contributed by atoms with E-state index in [9.17, 15) is 9.90 Å². The largest absolute Gasteiger partial charge is 0.507 e. The number of amides is 1. The van der Waals surface area contributed by atoms with E-state index >= 15 is 0 Å². The first-order chi connectivity index (χ1) is 21.0. The fourth-order valence-corrected chi connectivity index (χ4v) is 4.95. The number of nitrogens with one attached hydrogen (secondary N) is 1. The minimum Gasteiger partial charge on any atom is -0.507 e. The molecule has 1 saturated heterocycles. The summed E-state index contributed by atoms with van der Waals surface area (Å²) in [5.74, 6) is 7.12. The molecule has 1 aliphatic heterocycles. The lowest BCUT2D eigenvalue weighted by atomic mass is 10.1. The summed E-state index contributed by atoms with van der Waals surface area (Å²) in [6.45, 7) is 4.40. The van der Waals surface area contributed by atoms with Crippen LogP contribution in [0.5, 0.6) is 5.75 Å². The summed E-state index contributed by atoms with van der Waals surface area (Å²) in [5.41, 5.74) is 9.07. The zero-order chi connectivity index (χ0) is 29.8. The second kappa shape index (κ2) is 12.0. The Labute approximate surface area is 247 Å². The van der Waals surface area contributed by atoms with E-state index in [1.165, 1.54) is 0 Å². The van der Waals surface area contributed by atoms with E-state index in [2.05, 4.69) is 64.1 Å². The third-order valence-corrected chi connectivity index (χ3v) is 7.22. The number of carbonyl (C=O) groups excluding carboxylic acids is 1. The van der Waals surface area contributed by atoms with Crippen molar-refractivity contribution < 1.29 is 9.90 Å². The Hall–Kier alpha value is -5.77. The zero-order valence-corrected chi connectivity index (χ0v) is 23.4. The summed E-state index contributed by atoms with van der Waals surface area (Å²) < 4.78 is 1.54. The van der Waals surface area contributed by atoms with Gasteiger partial charge in [0.05, 0.1) is 17.9 Å². The summed E-state index contributed by atoms with van der Waals surface area (Å²) in [6.07, 6.45) is 5.91. The van der Waals surface area contributed by atoms with Crippen molar-refractivity contribution in [2.45, 2.75) is 19.4 Å². The lowest BCUT2D eigenvalue weighted by Crippen LogP contribution is -2.35. The minimum absolute atomic E-state index is 0.119. The lowest BCUT2D eigenvalue weighted by Gasteiger charge is -2.29. The maximum absolute atomic E-state index is 12.5. The molecule has 4 N–H and O–H groups in total. The van der Waals surface area contributed by atoms with Crippen LogP contribution in [0.2, 0.25) is 0 Å². The quantitative estimate of drug-likeness (QED) is 0.263. The Morgan fingerprint density at radius 3 is 2.84 bits per heavy atom. The first kappa shape index (κ1) is 27.4. The van der Waals surface area contributed by atoms with E-state index in [0.29, 0.717) is 41.6 Å². The monoisotopic (exact) mass is 575 g/mol. The average Bonchev–Trinajstić information content (AvgIpc) is 3.37. The predicted octanol–water partition coefficient (Wildman–Crippen LogP) is 2.15. The Morgan fingerprint density at radius 1 is 1.09 bits per heavy atom. The van der Waals surface area contributed by atoms with Gasteiger partial charge in [-0.3, -0.25) is 4.79 Å². The van der Waals surface area contributed by atoms with E-state index in [1.54, 1.807) is 53.4 Å². The van der Waals surface area contributed by atoms with Crippen molar-refractivity contribution in [3.63, 3.8) is 0 Å². The van der Waals surface area contributed by atoms with Gasteiger partial charge in [-0.15, -0.1) is 10.2 Å². The maximum Gasteiger partial charge on any atom is 0.272 e. The molecule has 43 heavy (non-hydrogen) atoms. The predicted molar refractivity (Wildman–Crippen MR) is 161 cm³/mol. The lowest BCUT2D eigenvalue weighted by molar-refractivity contribution is 0.0953. The highest BCUT2D eigenvalue weighted by Gasteiger charge is 2.25. The van der Waals surface area contributed by atoms with Crippen LogP contribution in [0, 0.1) is 11.8 Å². The molecule has 4 aromatic heterocycles. The van der Waals surface area contributed by atoms with Crippen molar-refractivity contribution in [3.8, 4) is 28.8 Å². The number of nitrogen functional groups attached to an aromatic ring is 1.